The van der Waals surface area contributed by atoms with Gasteiger partial charge in [-0.15, -0.1) is 12.4 Å². The lowest BCUT2D eigenvalue weighted by Gasteiger charge is -2.21. The Hall–Kier alpha value is -1.13. The second-order valence-corrected chi connectivity index (χ2v) is 3.71. The Labute approximate surface area is 100 Å². The Morgan fingerprint density at radius 1 is 1.44 bits per heavy atom. The Morgan fingerprint density at radius 2 is 1.94 bits per heavy atom. The molecule has 1 aromatic carbocycles. The third kappa shape index (κ3) is 3.79. The molecule has 1 atom stereocenters. The van der Waals surface area contributed by atoms with Gasteiger partial charge in [0.25, 0.3) is 0 Å². The Bertz CT molecular complexity index is 352. The maximum atomic E-state index is 12.6. The number of ether oxygens (including phenoxy) is 1. The zero-order valence-electron chi connectivity index (χ0n) is 9.20. The van der Waals surface area contributed by atoms with E-state index in [2.05, 4.69) is 4.74 Å². The summed E-state index contributed by atoms with van der Waals surface area (Å²) in [5.74, 6) is -0.789. The zero-order chi connectivity index (χ0) is 11.5. The lowest BCUT2D eigenvalue weighted by molar-refractivity contribution is -0.146. The molecule has 0 fully saturated rings. The van der Waals surface area contributed by atoms with Gasteiger partial charge in [0.1, 0.15) is 11.4 Å². The number of rotatable bonds is 3. The SMILES string of the molecule is COC(=O)C(C)(N)Cc1ccc(F)cc1.Cl. The van der Waals surface area contributed by atoms with Crippen LogP contribution >= 0.6 is 12.4 Å². The number of benzene rings is 1. The van der Waals surface area contributed by atoms with Crippen LogP contribution in [0.3, 0.4) is 0 Å². The molecule has 1 aromatic rings. The highest BCUT2D eigenvalue weighted by Gasteiger charge is 2.29. The molecule has 3 nitrogen and oxygen atoms in total. The van der Waals surface area contributed by atoms with E-state index in [0.29, 0.717) is 6.42 Å². The fraction of sp³-hybridized carbons (Fsp3) is 0.364. The van der Waals surface area contributed by atoms with Crippen molar-refractivity contribution in [1.82, 2.24) is 0 Å². The first kappa shape index (κ1) is 14.9. The van der Waals surface area contributed by atoms with Gasteiger partial charge in [-0.2, -0.15) is 0 Å². The van der Waals surface area contributed by atoms with E-state index in [4.69, 9.17) is 5.73 Å². The van der Waals surface area contributed by atoms with E-state index in [1.165, 1.54) is 19.2 Å². The number of esters is 1. The third-order valence-electron chi connectivity index (χ3n) is 2.14. The minimum atomic E-state index is -1.08. The summed E-state index contributed by atoms with van der Waals surface area (Å²) in [6.45, 7) is 1.59. The van der Waals surface area contributed by atoms with Crippen LogP contribution in [0.25, 0.3) is 0 Å². The van der Waals surface area contributed by atoms with Gasteiger partial charge in [-0.25, -0.2) is 4.39 Å². The van der Waals surface area contributed by atoms with E-state index in [9.17, 15) is 9.18 Å². The number of hydrogen-bond acceptors (Lipinski definition) is 3. The minimum Gasteiger partial charge on any atom is -0.468 e. The average Bonchev–Trinajstić information content (AvgIpc) is 2.20. The number of halogens is 2. The first-order chi connectivity index (χ1) is 6.95. The molecule has 90 valence electrons. The summed E-state index contributed by atoms with van der Waals surface area (Å²) in [6, 6.07) is 5.87. The fourth-order valence-corrected chi connectivity index (χ4v) is 1.33. The van der Waals surface area contributed by atoms with Crippen molar-refractivity contribution in [2.45, 2.75) is 18.9 Å². The van der Waals surface area contributed by atoms with Crippen LogP contribution in [0.1, 0.15) is 12.5 Å². The summed E-state index contributed by atoms with van der Waals surface area (Å²) in [6.07, 6.45) is 0.319. The van der Waals surface area contributed by atoms with Crippen molar-refractivity contribution in [3.8, 4) is 0 Å². The van der Waals surface area contributed by atoms with Crippen molar-refractivity contribution in [2.24, 2.45) is 5.73 Å². The van der Waals surface area contributed by atoms with Crippen molar-refractivity contribution >= 4 is 18.4 Å². The fourth-order valence-electron chi connectivity index (χ4n) is 1.33. The summed E-state index contributed by atoms with van der Waals surface area (Å²) in [4.78, 5) is 11.3. The van der Waals surface area contributed by atoms with Gasteiger partial charge in [0.2, 0.25) is 0 Å². The van der Waals surface area contributed by atoms with Crippen molar-refractivity contribution in [3.05, 3.63) is 35.6 Å². The lowest BCUT2D eigenvalue weighted by Crippen LogP contribution is -2.47. The van der Waals surface area contributed by atoms with E-state index in [-0.39, 0.29) is 18.2 Å². The van der Waals surface area contributed by atoms with Crippen LogP contribution in [0.15, 0.2) is 24.3 Å². The second-order valence-electron chi connectivity index (χ2n) is 3.71. The number of methoxy groups -OCH3 is 1. The maximum Gasteiger partial charge on any atom is 0.325 e. The van der Waals surface area contributed by atoms with Gasteiger partial charge >= 0.3 is 5.97 Å². The highest BCUT2D eigenvalue weighted by Crippen LogP contribution is 2.12. The first-order valence-corrected chi connectivity index (χ1v) is 4.57. The Balaban J connectivity index is 0.00000225. The number of nitrogens with two attached hydrogens (primary N) is 1. The van der Waals surface area contributed by atoms with Gasteiger partial charge in [-0.3, -0.25) is 4.79 Å². The van der Waals surface area contributed by atoms with E-state index >= 15 is 0 Å². The van der Waals surface area contributed by atoms with Crippen LogP contribution in [-0.2, 0) is 16.0 Å². The van der Waals surface area contributed by atoms with Crippen molar-refractivity contribution < 1.29 is 13.9 Å². The molecule has 16 heavy (non-hydrogen) atoms. The minimum absolute atomic E-state index is 0. The topological polar surface area (TPSA) is 52.3 Å². The average molecular weight is 248 g/mol. The molecule has 1 unspecified atom stereocenters. The van der Waals surface area contributed by atoms with E-state index in [1.54, 1.807) is 19.1 Å². The molecule has 0 amide bonds. The highest BCUT2D eigenvalue weighted by molar-refractivity contribution is 5.85. The molecular weight excluding hydrogens is 233 g/mol. The molecule has 0 saturated carbocycles. The lowest BCUT2D eigenvalue weighted by atomic mass is 9.94. The summed E-state index contributed by atoms with van der Waals surface area (Å²) in [5.41, 5.74) is 5.49. The van der Waals surface area contributed by atoms with Gasteiger partial charge in [-0.05, 0) is 24.6 Å². The quantitative estimate of drug-likeness (QED) is 0.827. The van der Waals surface area contributed by atoms with Crippen LogP contribution < -0.4 is 5.73 Å². The smallest absolute Gasteiger partial charge is 0.325 e. The van der Waals surface area contributed by atoms with Crippen molar-refractivity contribution in [3.63, 3.8) is 0 Å². The highest BCUT2D eigenvalue weighted by atomic mass is 35.5. The van der Waals surface area contributed by atoms with Crippen LogP contribution in [-0.4, -0.2) is 18.6 Å². The van der Waals surface area contributed by atoms with Crippen LogP contribution in [0.2, 0.25) is 0 Å². The number of carbonyl (C=O) groups is 1. The molecule has 0 saturated heterocycles. The molecule has 0 bridgehead atoms. The van der Waals surface area contributed by atoms with Gasteiger partial charge < -0.3 is 10.5 Å². The van der Waals surface area contributed by atoms with E-state index < -0.39 is 11.5 Å². The summed E-state index contributed by atoms with van der Waals surface area (Å²) < 4.78 is 17.2. The molecule has 0 radical (unpaired) electrons. The zero-order valence-corrected chi connectivity index (χ0v) is 10.0. The molecule has 0 heterocycles. The number of carbonyl (C=O) groups excluding carboxylic acids is 1. The molecule has 0 aliphatic rings. The van der Waals surface area contributed by atoms with Gasteiger partial charge in [-0.1, -0.05) is 12.1 Å². The molecule has 2 N–H and O–H groups in total. The third-order valence-corrected chi connectivity index (χ3v) is 2.14. The number of hydrogen-bond donors (Lipinski definition) is 1. The van der Waals surface area contributed by atoms with Crippen LogP contribution in [0.4, 0.5) is 4.39 Å². The molecule has 1 rings (SSSR count). The summed E-state index contributed by atoms with van der Waals surface area (Å²) in [5, 5.41) is 0. The second kappa shape index (κ2) is 5.82. The summed E-state index contributed by atoms with van der Waals surface area (Å²) in [7, 11) is 1.29. The van der Waals surface area contributed by atoms with Crippen molar-refractivity contribution in [2.75, 3.05) is 7.11 Å². The first-order valence-electron chi connectivity index (χ1n) is 4.57. The van der Waals surface area contributed by atoms with Gasteiger partial charge in [0.15, 0.2) is 0 Å². The predicted octanol–water partition coefficient (Wildman–Crippen LogP) is 1.68. The van der Waals surface area contributed by atoms with E-state index in [0.717, 1.165) is 5.56 Å². The molecule has 0 aromatic heterocycles. The van der Waals surface area contributed by atoms with Crippen LogP contribution in [0, 0.1) is 5.82 Å². The molecule has 0 spiro atoms. The largest absolute Gasteiger partial charge is 0.468 e. The Kier molecular flexibility index (Phi) is 5.41. The molecule has 0 aliphatic carbocycles. The molecule has 5 heteroatoms. The van der Waals surface area contributed by atoms with Gasteiger partial charge in [0.05, 0.1) is 7.11 Å². The van der Waals surface area contributed by atoms with Gasteiger partial charge in [0, 0.05) is 6.42 Å². The van der Waals surface area contributed by atoms with Crippen LogP contribution in [0.5, 0.6) is 0 Å². The Morgan fingerprint density at radius 3 is 2.38 bits per heavy atom. The van der Waals surface area contributed by atoms with Crippen molar-refractivity contribution in [1.29, 1.82) is 0 Å². The maximum absolute atomic E-state index is 12.6. The monoisotopic (exact) mass is 247 g/mol. The molecular formula is C11H15ClFNO2. The van der Waals surface area contributed by atoms with E-state index in [1.807, 2.05) is 0 Å². The normalized spacial score (nSPS) is 13.5. The standard InChI is InChI=1S/C11H14FNO2.ClH/c1-11(13,10(14)15-2)7-8-3-5-9(12)6-4-8;/h3-6H,7,13H2,1-2H3;1H. The molecule has 0 aliphatic heterocycles. The predicted molar refractivity (Wildman–Crippen MR) is 62.0 cm³/mol. The summed E-state index contributed by atoms with van der Waals surface area (Å²) >= 11 is 0.